The molecule has 3 rings (SSSR count). The number of allylic oxidation sites excluding steroid dienone is 1. The molecule has 3 saturated carbocycles. The molecule has 2 unspecified atom stereocenters. The third-order valence-electron chi connectivity index (χ3n) is 6.29. The number of fused-ring (bicyclic) bond motifs is 1. The van der Waals surface area contributed by atoms with Gasteiger partial charge in [-0.25, -0.2) is 0 Å². The van der Waals surface area contributed by atoms with Gasteiger partial charge in [-0.05, 0) is 61.7 Å². The number of rotatable bonds is 4. The Morgan fingerprint density at radius 1 is 1.25 bits per heavy atom. The van der Waals surface area contributed by atoms with Gasteiger partial charge in [-0.3, -0.25) is 4.79 Å². The van der Waals surface area contributed by atoms with E-state index in [0.29, 0.717) is 29.5 Å². The third-order valence-corrected chi connectivity index (χ3v) is 6.29. The molecule has 1 N–H and O–H groups in total. The van der Waals surface area contributed by atoms with Crippen molar-refractivity contribution in [3.05, 3.63) is 12.2 Å². The van der Waals surface area contributed by atoms with E-state index < -0.39 is 0 Å². The Labute approximate surface area is 122 Å². The summed E-state index contributed by atoms with van der Waals surface area (Å²) in [5, 5.41) is 9.98. The maximum absolute atomic E-state index is 12.2. The normalized spacial score (nSPS) is 40.9. The number of carbonyl (C=O) groups is 1. The van der Waals surface area contributed by atoms with E-state index in [-0.39, 0.29) is 11.5 Å². The van der Waals surface area contributed by atoms with Crippen LogP contribution in [0.25, 0.3) is 0 Å². The molecule has 0 aliphatic heterocycles. The topological polar surface area (TPSA) is 37.3 Å². The summed E-state index contributed by atoms with van der Waals surface area (Å²) in [6.07, 6.45) is 11.7. The van der Waals surface area contributed by atoms with Gasteiger partial charge in [0, 0.05) is 12.3 Å². The Morgan fingerprint density at radius 3 is 2.70 bits per heavy atom. The van der Waals surface area contributed by atoms with Gasteiger partial charge in [0.25, 0.3) is 0 Å². The van der Waals surface area contributed by atoms with Gasteiger partial charge in [-0.2, -0.15) is 0 Å². The van der Waals surface area contributed by atoms with E-state index in [1.165, 1.54) is 25.7 Å². The molecule has 3 fully saturated rings. The zero-order valence-electron chi connectivity index (χ0n) is 12.8. The molecule has 5 atom stereocenters. The minimum atomic E-state index is -0.240. The van der Waals surface area contributed by atoms with Gasteiger partial charge in [0.15, 0.2) is 0 Å². The van der Waals surface area contributed by atoms with Crippen LogP contribution in [0.1, 0.15) is 58.8 Å². The van der Waals surface area contributed by atoms with Crippen LogP contribution in [0.3, 0.4) is 0 Å². The fourth-order valence-electron chi connectivity index (χ4n) is 4.85. The average molecular weight is 276 g/mol. The molecule has 0 bridgehead atoms. The molecule has 0 heterocycles. The zero-order valence-corrected chi connectivity index (χ0v) is 12.8. The summed E-state index contributed by atoms with van der Waals surface area (Å²) in [5.41, 5.74) is 0.212. The second-order valence-corrected chi connectivity index (χ2v) is 7.63. The Kier molecular flexibility index (Phi) is 3.79. The summed E-state index contributed by atoms with van der Waals surface area (Å²) >= 11 is 0. The first kappa shape index (κ1) is 14.3. The van der Waals surface area contributed by atoms with E-state index in [0.717, 1.165) is 19.3 Å². The summed E-state index contributed by atoms with van der Waals surface area (Å²) < 4.78 is 0. The van der Waals surface area contributed by atoms with Crippen LogP contribution in [0.2, 0.25) is 0 Å². The summed E-state index contributed by atoms with van der Waals surface area (Å²) in [4.78, 5) is 12.2. The number of carbonyl (C=O) groups excluding carboxylic acids is 1. The first-order valence-electron chi connectivity index (χ1n) is 8.41. The highest BCUT2D eigenvalue weighted by Gasteiger charge is 2.51. The lowest BCUT2D eigenvalue weighted by Crippen LogP contribution is -2.39. The summed E-state index contributed by atoms with van der Waals surface area (Å²) in [6.45, 7) is 4.61. The van der Waals surface area contributed by atoms with Crippen LogP contribution >= 0.6 is 0 Å². The molecular weight excluding hydrogens is 248 g/mol. The summed E-state index contributed by atoms with van der Waals surface area (Å²) in [7, 11) is 0. The van der Waals surface area contributed by atoms with Gasteiger partial charge in [-0.15, -0.1) is 0 Å². The molecule has 0 saturated heterocycles. The van der Waals surface area contributed by atoms with Crippen LogP contribution in [0, 0.1) is 29.1 Å². The van der Waals surface area contributed by atoms with Gasteiger partial charge in [0.05, 0.1) is 6.10 Å². The van der Waals surface area contributed by atoms with Crippen molar-refractivity contribution in [2.75, 3.05) is 0 Å². The SMILES string of the molecule is C[C@H](/C=C/[C@@H](O)C1CC1)C1CCC2C(=O)CCC[C@@]21C. The highest BCUT2D eigenvalue weighted by molar-refractivity contribution is 5.83. The molecule has 0 aromatic rings. The Hall–Kier alpha value is -0.630. The predicted octanol–water partition coefficient (Wildman–Crippen LogP) is 3.74. The predicted molar refractivity (Wildman–Crippen MR) is 80.2 cm³/mol. The van der Waals surface area contributed by atoms with Crippen LogP contribution in [0.4, 0.5) is 0 Å². The number of aliphatic hydroxyl groups is 1. The van der Waals surface area contributed by atoms with Crippen molar-refractivity contribution in [1.29, 1.82) is 0 Å². The van der Waals surface area contributed by atoms with Gasteiger partial charge in [0.2, 0.25) is 0 Å². The van der Waals surface area contributed by atoms with E-state index in [1.807, 2.05) is 6.08 Å². The summed E-state index contributed by atoms with van der Waals surface area (Å²) in [6, 6.07) is 0. The first-order chi connectivity index (χ1) is 9.52. The molecule has 0 amide bonds. The average Bonchev–Trinajstić information content (AvgIpc) is 3.18. The molecule has 20 heavy (non-hydrogen) atoms. The van der Waals surface area contributed by atoms with Gasteiger partial charge in [0.1, 0.15) is 5.78 Å². The molecule has 0 aromatic carbocycles. The fraction of sp³-hybridized carbons (Fsp3) is 0.833. The van der Waals surface area contributed by atoms with E-state index in [4.69, 9.17) is 0 Å². The number of hydrogen-bond donors (Lipinski definition) is 1. The molecule has 0 aromatic heterocycles. The standard InChI is InChI=1S/C18H28O2/c1-12(5-10-16(19)13-6-7-13)14-8-9-15-17(20)4-3-11-18(14,15)2/h5,10,12-16,19H,3-4,6-9,11H2,1-2H3/b10-5+/t12-,14?,15?,16-,18-/m1/s1. The number of ketones is 1. The highest BCUT2D eigenvalue weighted by Crippen LogP contribution is 2.56. The van der Waals surface area contributed by atoms with Crippen molar-refractivity contribution < 1.29 is 9.90 Å². The van der Waals surface area contributed by atoms with E-state index in [1.54, 1.807) is 0 Å². The second kappa shape index (κ2) is 5.29. The highest BCUT2D eigenvalue weighted by atomic mass is 16.3. The number of Topliss-reactive ketones (excluding diaryl/α,β-unsaturated/α-hetero) is 1. The molecule has 112 valence electrons. The van der Waals surface area contributed by atoms with Crippen molar-refractivity contribution >= 4 is 5.78 Å². The number of hydrogen-bond acceptors (Lipinski definition) is 2. The Balaban J connectivity index is 1.68. The molecule has 0 radical (unpaired) electrons. The Bertz CT molecular complexity index is 410. The maximum Gasteiger partial charge on any atom is 0.136 e. The lowest BCUT2D eigenvalue weighted by molar-refractivity contribution is -0.129. The zero-order chi connectivity index (χ0) is 14.3. The van der Waals surface area contributed by atoms with Crippen LogP contribution < -0.4 is 0 Å². The smallest absolute Gasteiger partial charge is 0.136 e. The quantitative estimate of drug-likeness (QED) is 0.794. The minimum absolute atomic E-state index is 0.212. The second-order valence-electron chi connectivity index (χ2n) is 7.63. The third kappa shape index (κ3) is 2.47. The fourth-order valence-corrected chi connectivity index (χ4v) is 4.85. The van der Waals surface area contributed by atoms with E-state index >= 15 is 0 Å². The largest absolute Gasteiger partial charge is 0.389 e. The van der Waals surface area contributed by atoms with Crippen molar-refractivity contribution in [3.63, 3.8) is 0 Å². The van der Waals surface area contributed by atoms with Gasteiger partial charge < -0.3 is 5.11 Å². The van der Waals surface area contributed by atoms with Crippen LogP contribution in [0.5, 0.6) is 0 Å². The lowest BCUT2D eigenvalue weighted by atomic mass is 9.62. The van der Waals surface area contributed by atoms with Crippen molar-refractivity contribution in [2.24, 2.45) is 29.1 Å². The molecule has 2 nitrogen and oxygen atoms in total. The van der Waals surface area contributed by atoms with E-state index in [9.17, 15) is 9.90 Å². The van der Waals surface area contributed by atoms with Crippen molar-refractivity contribution in [1.82, 2.24) is 0 Å². The van der Waals surface area contributed by atoms with Gasteiger partial charge >= 0.3 is 0 Å². The Morgan fingerprint density at radius 2 is 2.00 bits per heavy atom. The first-order valence-corrected chi connectivity index (χ1v) is 8.41. The molecule has 2 heteroatoms. The molecular formula is C18H28O2. The molecule has 3 aliphatic carbocycles. The van der Waals surface area contributed by atoms with Gasteiger partial charge in [-0.1, -0.05) is 26.0 Å². The van der Waals surface area contributed by atoms with Crippen molar-refractivity contribution in [2.45, 2.75) is 64.9 Å². The van der Waals surface area contributed by atoms with E-state index in [2.05, 4.69) is 19.9 Å². The monoisotopic (exact) mass is 276 g/mol. The maximum atomic E-state index is 12.2. The summed E-state index contributed by atoms with van der Waals surface area (Å²) in [5.74, 6) is 2.42. The van der Waals surface area contributed by atoms with Crippen molar-refractivity contribution in [3.8, 4) is 0 Å². The molecule has 0 spiro atoms. The minimum Gasteiger partial charge on any atom is -0.389 e. The van der Waals surface area contributed by atoms with Crippen LogP contribution in [0.15, 0.2) is 12.2 Å². The lowest BCUT2D eigenvalue weighted by Gasteiger charge is -2.41. The molecule has 3 aliphatic rings. The van der Waals surface area contributed by atoms with Crippen LogP contribution in [-0.4, -0.2) is 17.0 Å². The number of aliphatic hydroxyl groups excluding tert-OH is 1. The van der Waals surface area contributed by atoms with Crippen LogP contribution in [-0.2, 0) is 4.79 Å².